The number of carbonyl (C=O) groups is 1. The normalized spacial score (nSPS) is 22.3. The van der Waals surface area contributed by atoms with Gasteiger partial charge in [0.2, 0.25) is 0 Å². The largest absolute Gasteiger partial charge is 0.382 e. The quantitative estimate of drug-likeness (QED) is 0.896. The highest BCUT2D eigenvalue weighted by Gasteiger charge is 2.28. The standard InChI is InChI=1S/C15H26N4OS/c1-9(2)17-15-18-13(16)12(21-15)14(20)19(4)11-7-5-6-10(3)8-11/h9-11H,5-8,16H2,1-4H3,(H,17,18). The van der Waals surface area contributed by atoms with Crippen LogP contribution in [0.2, 0.25) is 0 Å². The van der Waals surface area contributed by atoms with Gasteiger partial charge in [0.05, 0.1) is 0 Å². The third-order valence-corrected chi connectivity index (χ3v) is 5.03. The number of carbonyl (C=O) groups excluding carboxylic acids is 1. The van der Waals surface area contributed by atoms with E-state index in [1.165, 1.54) is 24.2 Å². The second-order valence-electron chi connectivity index (χ2n) is 6.37. The van der Waals surface area contributed by atoms with E-state index in [2.05, 4.69) is 17.2 Å². The molecule has 0 aromatic carbocycles. The summed E-state index contributed by atoms with van der Waals surface area (Å²) >= 11 is 1.35. The molecule has 1 saturated carbocycles. The Morgan fingerprint density at radius 1 is 1.48 bits per heavy atom. The van der Waals surface area contributed by atoms with E-state index in [1.807, 2.05) is 25.8 Å². The van der Waals surface area contributed by atoms with Gasteiger partial charge in [0.15, 0.2) is 5.13 Å². The second kappa shape index (κ2) is 6.64. The fourth-order valence-corrected chi connectivity index (χ4v) is 3.89. The van der Waals surface area contributed by atoms with Crippen LogP contribution < -0.4 is 11.1 Å². The highest BCUT2D eigenvalue weighted by Crippen LogP contribution is 2.31. The van der Waals surface area contributed by atoms with E-state index in [1.54, 1.807) is 0 Å². The summed E-state index contributed by atoms with van der Waals surface area (Å²) in [4.78, 5) is 19.3. The monoisotopic (exact) mass is 310 g/mol. The number of amides is 1. The molecule has 1 fully saturated rings. The third kappa shape index (κ3) is 3.87. The molecule has 118 valence electrons. The average molecular weight is 310 g/mol. The van der Waals surface area contributed by atoms with Crippen LogP contribution in [0.4, 0.5) is 10.9 Å². The molecule has 1 heterocycles. The van der Waals surface area contributed by atoms with Crippen LogP contribution in [0.1, 0.15) is 56.1 Å². The number of nitrogens with two attached hydrogens (primary N) is 1. The van der Waals surface area contributed by atoms with Crippen molar-refractivity contribution >= 4 is 28.2 Å². The molecule has 1 amide bonds. The van der Waals surface area contributed by atoms with Crippen LogP contribution in [0.3, 0.4) is 0 Å². The summed E-state index contributed by atoms with van der Waals surface area (Å²) in [6.07, 6.45) is 4.63. The van der Waals surface area contributed by atoms with Gasteiger partial charge in [-0.25, -0.2) is 4.98 Å². The number of rotatable bonds is 4. The van der Waals surface area contributed by atoms with Crippen LogP contribution in [-0.2, 0) is 0 Å². The van der Waals surface area contributed by atoms with E-state index < -0.39 is 0 Å². The molecule has 0 saturated heterocycles. The number of nitrogens with zero attached hydrogens (tertiary/aromatic N) is 2. The Bertz CT molecular complexity index is 500. The molecule has 3 N–H and O–H groups in total. The zero-order valence-corrected chi connectivity index (χ0v) is 14.2. The Morgan fingerprint density at radius 2 is 2.19 bits per heavy atom. The topological polar surface area (TPSA) is 71.2 Å². The molecule has 1 aromatic heterocycles. The van der Waals surface area contributed by atoms with Gasteiger partial charge >= 0.3 is 0 Å². The minimum atomic E-state index is 0.000839. The molecule has 5 nitrogen and oxygen atoms in total. The van der Waals surface area contributed by atoms with Gasteiger partial charge in [-0.3, -0.25) is 4.79 Å². The predicted molar refractivity (Wildman–Crippen MR) is 88.8 cm³/mol. The van der Waals surface area contributed by atoms with Crippen molar-refractivity contribution in [2.45, 2.75) is 58.5 Å². The Labute approximate surface area is 130 Å². The first-order valence-corrected chi connectivity index (χ1v) is 8.50. The van der Waals surface area contributed by atoms with Crippen molar-refractivity contribution in [3.8, 4) is 0 Å². The average Bonchev–Trinajstić information content (AvgIpc) is 2.77. The molecule has 0 aliphatic heterocycles. The van der Waals surface area contributed by atoms with Crippen molar-refractivity contribution in [3.63, 3.8) is 0 Å². The van der Waals surface area contributed by atoms with Crippen molar-refractivity contribution < 1.29 is 4.79 Å². The molecule has 0 radical (unpaired) electrons. The first kappa shape index (κ1) is 16.1. The molecule has 2 atom stereocenters. The third-order valence-electron chi connectivity index (χ3n) is 4.04. The highest BCUT2D eigenvalue weighted by atomic mass is 32.1. The molecule has 2 rings (SSSR count). The SMILES string of the molecule is CC1CCCC(N(C)C(=O)c2sc(NC(C)C)nc2N)C1. The molecule has 0 spiro atoms. The van der Waals surface area contributed by atoms with E-state index in [0.717, 1.165) is 18.0 Å². The van der Waals surface area contributed by atoms with Crippen LogP contribution in [0.25, 0.3) is 0 Å². The Hall–Kier alpha value is -1.30. The first-order chi connectivity index (χ1) is 9.88. The molecule has 0 bridgehead atoms. The maximum absolute atomic E-state index is 12.7. The number of hydrogen-bond acceptors (Lipinski definition) is 5. The Balaban J connectivity index is 2.09. The van der Waals surface area contributed by atoms with E-state index in [0.29, 0.717) is 22.7 Å². The van der Waals surface area contributed by atoms with Gasteiger partial charge in [-0.1, -0.05) is 31.1 Å². The smallest absolute Gasteiger partial charge is 0.267 e. The minimum absolute atomic E-state index is 0.000839. The van der Waals surface area contributed by atoms with Crippen LogP contribution in [0.15, 0.2) is 0 Å². The van der Waals surface area contributed by atoms with Gasteiger partial charge in [-0.05, 0) is 32.6 Å². The summed E-state index contributed by atoms with van der Waals surface area (Å²) in [6, 6.07) is 0.597. The van der Waals surface area contributed by atoms with Crippen LogP contribution >= 0.6 is 11.3 Å². The molecule has 6 heteroatoms. The maximum Gasteiger partial charge on any atom is 0.267 e. The summed E-state index contributed by atoms with van der Waals surface area (Å²) in [7, 11) is 1.89. The molecule has 1 aliphatic carbocycles. The summed E-state index contributed by atoms with van der Waals surface area (Å²) in [5, 5.41) is 3.92. The molecule has 1 aromatic rings. The van der Waals surface area contributed by atoms with Gasteiger partial charge < -0.3 is 16.0 Å². The van der Waals surface area contributed by atoms with E-state index in [4.69, 9.17) is 5.73 Å². The summed E-state index contributed by atoms with van der Waals surface area (Å²) < 4.78 is 0. The number of nitrogen functional groups attached to an aromatic ring is 1. The molecular weight excluding hydrogens is 284 g/mol. The number of hydrogen-bond donors (Lipinski definition) is 2. The predicted octanol–water partition coefficient (Wildman–Crippen LogP) is 3.20. The molecule has 21 heavy (non-hydrogen) atoms. The minimum Gasteiger partial charge on any atom is -0.382 e. The van der Waals surface area contributed by atoms with E-state index >= 15 is 0 Å². The number of aromatic nitrogens is 1. The first-order valence-electron chi connectivity index (χ1n) is 7.68. The lowest BCUT2D eigenvalue weighted by Crippen LogP contribution is -2.39. The number of thiazole rings is 1. The summed E-state index contributed by atoms with van der Waals surface area (Å²) in [5.74, 6) is 1.03. The Kier molecular flexibility index (Phi) is 5.08. The zero-order chi connectivity index (χ0) is 15.6. The number of nitrogens with one attached hydrogen (secondary N) is 1. The lowest BCUT2D eigenvalue weighted by atomic mass is 9.86. The van der Waals surface area contributed by atoms with Gasteiger partial charge in [-0.15, -0.1) is 0 Å². The second-order valence-corrected chi connectivity index (χ2v) is 7.37. The van der Waals surface area contributed by atoms with Crippen LogP contribution in [-0.4, -0.2) is 34.9 Å². The van der Waals surface area contributed by atoms with E-state index in [9.17, 15) is 4.79 Å². The fourth-order valence-electron chi connectivity index (χ4n) is 2.87. The molecule has 2 unspecified atom stereocenters. The van der Waals surface area contributed by atoms with Crippen molar-refractivity contribution in [1.82, 2.24) is 9.88 Å². The van der Waals surface area contributed by atoms with Crippen LogP contribution in [0.5, 0.6) is 0 Å². The number of anilines is 2. The Morgan fingerprint density at radius 3 is 2.81 bits per heavy atom. The van der Waals surface area contributed by atoms with Crippen molar-refractivity contribution in [2.75, 3.05) is 18.1 Å². The lowest BCUT2D eigenvalue weighted by molar-refractivity contribution is 0.0678. The fraction of sp³-hybridized carbons (Fsp3) is 0.733. The maximum atomic E-state index is 12.7. The van der Waals surface area contributed by atoms with Crippen molar-refractivity contribution in [2.24, 2.45) is 5.92 Å². The van der Waals surface area contributed by atoms with Gasteiger partial charge in [-0.2, -0.15) is 0 Å². The van der Waals surface area contributed by atoms with Crippen LogP contribution in [0, 0.1) is 5.92 Å². The lowest BCUT2D eigenvalue weighted by Gasteiger charge is -2.33. The van der Waals surface area contributed by atoms with Crippen molar-refractivity contribution in [1.29, 1.82) is 0 Å². The van der Waals surface area contributed by atoms with E-state index in [-0.39, 0.29) is 11.9 Å². The summed E-state index contributed by atoms with van der Waals surface area (Å²) in [6.45, 7) is 6.33. The summed E-state index contributed by atoms with van der Waals surface area (Å²) in [5.41, 5.74) is 5.92. The van der Waals surface area contributed by atoms with Crippen molar-refractivity contribution in [3.05, 3.63) is 4.88 Å². The molecular formula is C15H26N4OS. The zero-order valence-electron chi connectivity index (χ0n) is 13.3. The van der Waals surface area contributed by atoms with Gasteiger partial charge in [0, 0.05) is 19.1 Å². The van der Waals surface area contributed by atoms with Gasteiger partial charge in [0.1, 0.15) is 10.7 Å². The highest BCUT2D eigenvalue weighted by molar-refractivity contribution is 7.18. The van der Waals surface area contributed by atoms with Gasteiger partial charge in [0.25, 0.3) is 5.91 Å². The molecule has 1 aliphatic rings.